The average molecular weight is 454 g/mol. The van der Waals surface area contributed by atoms with E-state index in [0.717, 1.165) is 37.6 Å². The second-order valence-corrected chi connectivity index (χ2v) is 7.56. The number of hydrogen-bond donors (Lipinski definition) is 2. The lowest BCUT2D eigenvalue weighted by Gasteiger charge is -2.34. The third-order valence-electron chi connectivity index (χ3n) is 4.48. The van der Waals surface area contributed by atoms with Gasteiger partial charge in [-0.25, -0.2) is 0 Å². The van der Waals surface area contributed by atoms with Crippen LogP contribution in [0.2, 0.25) is 0 Å². The molecule has 1 amide bonds. The van der Waals surface area contributed by atoms with Crippen LogP contribution in [0.3, 0.4) is 0 Å². The molecule has 23 heavy (non-hydrogen) atoms. The number of carbonyl (C=O) groups is 1. The lowest BCUT2D eigenvalue weighted by molar-refractivity contribution is -0.120. The van der Waals surface area contributed by atoms with Crippen molar-refractivity contribution >= 4 is 47.6 Å². The molecule has 1 atom stereocenters. The maximum atomic E-state index is 12.1. The van der Waals surface area contributed by atoms with Crippen molar-refractivity contribution in [3.8, 4) is 0 Å². The molecular weight excluding hydrogens is 423 g/mol. The summed E-state index contributed by atoms with van der Waals surface area (Å²) < 4.78 is 0. The first-order valence-corrected chi connectivity index (χ1v) is 9.64. The highest BCUT2D eigenvalue weighted by Crippen LogP contribution is 2.21. The molecule has 7 heteroatoms. The third kappa shape index (κ3) is 7.07. The van der Waals surface area contributed by atoms with Gasteiger partial charge in [0, 0.05) is 37.2 Å². The second-order valence-electron chi connectivity index (χ2n) is 6.15. The van der Waals surface area contributed by atoms with E-state index >= 15 is 0 Å². The van der Waals surface area contributed by atoms with Gasteiger partial charge in [-0.1, -0.05) is 26.2 Å². The smallest absolute Gasteiger partial charge is 0.239 e. The molecule has 1 aliphatic carbocycles. The molecule has 2 aliphatic rings. The first kappa shape index (κ1) is 20.9. The zero-order chi connectivity index (χ0) is 15.8. The molecule has 0 aromatic heterocycles. The van der Waals surface area contributed by atoms with Gasteiger partial charge in [0.05, 0.1) is 6.54 Å². The molecule has 1 aliphatic heterocycles. The number of rotatable bonds is 4. The highest BCUT2D eigenvalue weighted by molar-refractivity contribution is 14.0. The highest BCUT2D eigenvalue weighted by atomic mass is 127. The molecule has 0 aromatic carbocycles. The van der Waals surface area contributed by atoms with Crippen LogP contribution in [0.1, 0.15) is 45.4 Å². The van der Waals surface area contributed by atoms with Crippen LogP contribution in [0.25, 0.3) is 0 Å². The van der Waals surface area contributed by atoms with Crippen LogP contribution in [0, 0.1) is 0 Å². The maximum absolute atomic E-state index is 12.1. The predicted octanol–water partition coefficient (Wildman–Crippen LogP) is 2.46. The zero-order valence-corrected chi connectivity index (χ0v) is 17.5. The first-order chi connectivity index (χ1) is 10.7. The fourth-order valence-corrected chi connectivity index (χ4v) is 4.36. The molecule has 1 heterocycles. The number of guanidine groups is 1. The summed E-state index contributed by atoms with van der Waals surface area (Å²) in [5.74, 6) is 2.08. The normalized spacial score (nSPS) is 23.1. The van der Waals surface area contributed by atoms with Gasteiger partial charge in [0.25, 0.3) is 0 Å². The summed E-state index contributed by atoms with van der Waals surface area (Å²) in [5, 5.41) is 7.04. The molecule has 0 spiro atoms. The number of aliphatic imine (C=N–C) groups is 1. The van der Waals surface area contributed by atoms with Crippen LogP contribution >= 0.6 is 35.7 Å². The van der Waals surface area contributed by atoms with Crippen molar-refractivity contribution in [1.82, 2.24) is 15.5 Å². The molecule has 2 fully saturated rings. The van der Waals surface area contributed by atoms with Gasteiger partial charge in [0.2, 0.25) is 5.91 Å². The minimum atomic E-state index is 0. The van der Waals surface area contributed by atoms with E-state index < -0.39 is 0 Å². The van der Waals surface area contributed by atoms with Crippen LogP contribution in [-0.2, 0) is 4.79 Å². The lowest BCUT2D eigenvalue weighted by atomic mass is 9.95. The zero-order valence-electron chi connectivity index (χ0n) is 14.3. The van der Waals surface area contributed by atoms with Gasteiger partial charge >= 0.3 is 0 Å². The summed E-state index contributed by atoms with van der Waals surface area (Å²) >= 11 is 2.04. The van der Waals surface area contributed by atoms with Gasteiger partial charge in [0.15, 0.2) is 5.96 Å². The maximum Gasteiger partial charge on any atom is 0.239 e. The molecule has 1 saturated heterocycles. The van der Waals surface area contributed by atoms with E-state index in [2.05, 4.69) is 27.4 Å². The standard InChI is InChI=1S/C16H30N4OS.HI/c1-3-14-12-20(9-10-22-14)16(17-2)18-11-15(21)19-13-7-5-4-6-8-13;/h13-14H,3-12H2,1-2H3,(H,17,18)(H,19,21);1H. The average Bonchev–Trinajstić information content (AvgIpc) is 2.56. The molecular formula is C16H31IN4OS. The Morgan fingerprint density at radius 1 is 1.30 bits per heavy atom. The van der Waals surface area contributed by atoms with Gasteiger partial charge in [-0.3, -0.25) is 9.79 Å². The Balaban J connectivity index is 0.00000264. The van der Waals surface area contributed by atoms with Crippen molar-refractivity contribution in [3.05, 3.63) is 0 Å². The third-order valence-corrected chi connectivity index (χ3v) is 5.85. The Bertz CT molecular complexity index is 388. The number of carbonyl (C=O) groups excluding carboxylic acids is 1. The Morgan fingerprint density at radius 3 is 2.70 bits per heavy atom. The van der Waals surface area contributed by atoms with Crippen LogP contribution in [0.15, 0.2) is 4.99 Å². The molecule has 0 aromatic rings. The summed E-state index contributed by atoms with van der Waals surface area (Å²) in [7, 11) is 1.80. The lowest BCUT2D eigenvalue weighted by Crippen LogP contribution is -2.50. The van der Waals surface area contributed by atoms with Crippen LogP contribution in [-0.4, -0.2) is 60.5 Å². The van der Waals surface area contributed by atoms with Crippen molar-refractivity contribution in [2.45, 2.75) is 56.7 Å². The van der Waals surface area contributed by atoms with E-state index in [-0.39, 0.29) is 29.9 Å². The fourth-order valence-electron chi connectivity index (χ4n) is 3.18. The van der Waals surface area contributed by atoms with Crippen molar-refractivity contribution in [1.29, 1.82) is 0 Å². The van der Waals surface area contributed by atoms with Crippen LogP contribution in [0.4, 0.5) is 0 Å². The van der Waals surface area contributed by atoms with E-state index in [1.54, 1.807) is 7.05 Å². The van der Waals surface area contributed by atoms with E-state index in [1.165, 1.54) is 25.7 Å². The van der Waals surface area contributed by atoms with Crippen molar-refractivity contribution in [3.63, 3.8) is 0 Å². The summed E-state index contributed by atoms with van der Waals surface area (Å²) in [4.78, 5) is 18.7. The second kappa shape index (κ2) is 11.4. The van der Waals surface area contributed by atoms with Crippen molar-refractivity contribution in [2.75, 3.05) is 32.4 Å². The predicted molar refractivity (Wildman–Crippen MR) is 110 cm³/mol. The Morgan fingerprint density at radius 2 is 2.04 bits per heavy atom. The topological polar surface area (TPSA) is 56.7 Å². The fraction of sp³-hybridized carbons (Fsp3) is 0.875. The van der Waals surface area contributed by atoms with Gasteiger partial charge in [0.1, 0.15) is 0 Å². The van der Waals surface area contributed by atoms with E-state index in [1.807, 2.05) is 11.8 Å². The monoisotopic (exact) mass is 454 g/mol. The number of halogens is 1. The van der Waals surface area contributed by atoms with Crippen molar-refractivity contribution in [2.24, 2.45) is 4.99 Å². The summed E-state index contributed by atoms with van der Waals surface area (Å²) in [6.07, 6.45) is 7.22. The van der Waals surface area contributed by atoms with Crippen LogP contribution in [0.5, 0.6) is 0 Å². The molecule has 1 unspecified atom stereocenters. The minimum absolute atomic E-state index is 0. The van der Waals surface area contributed by atoms with Gasteiger partial charge in [-0.15, -0.1) is 24.0 Å². The van der Waals surface area contributed by atoms with E-state index in [9.17, 15) is 4.79 Å². The van der Waals surface area contributed by atoms with Crippen LogP contribution < -0.4 is 10.6 Å². The Labute approximate surface area is 161 Å². The van der Waals surface area contributed by atoms with Gasteiger partial charge in [-0.2, -0.15) is 11.8 Å². The molecule has 0 radical (unpaired) electrons. The molecule has 5 nitrogen and oxygen atoms in total. The quantitative estimate of drug-likeness (QED) is 0.389. The molecule has 2 rings (SSSR count). The summed E-state index contributed by atoms with van der Waals surface area (Å²) in [5.41, 5.74) is 0. The number of hydrogen-bond acceptors (Lipinski definition) is 3. The molecule has 2 N–H and O–H groups in total. The number of nitrogens with zero attached hydrogens (tertiary/aromatic N) is 2. The summed E-state index contributed by atoms with van der Waals surface area (Å²) in [6, 6.07) is 0.376. The molecule has 1 saturated carbocycles. The van der Waals surface area contributed by atoms with Crippen molar-refractivity contribution < 1.29 is 4.79 Å². The van der Waals surface area contributed by atoms with Gasteiger partial charge in [-0.05, 0) is 19.3 Å². The van der Waals surface area contributed by atoms with Gasteiger partial charge < -0.3 is 15.5 Å². The molecule has 0 bridgehead atoms. The minimum Gasteiger partial charge on any atom is -0.352 e. The first-order valence-electron chi connectivity index (χ1n) is 8.59. The number of nitrogens with one attached hydrogen (secondary N) is 2. The Hall–Kier alpha value is -0.180. The van der Waals surface area contributed by atoms with E-state index in [0.29, 0.717) is 17.8 Å². The number of thioether (sulfide) groups is 1. The SMILES string of the molecule is CCC1CN(C(=NC)NCC(=O)NC2CCCCC2)CCS1.I. The highest BCUT2D eigenvalue weighted by Gasteiger charge is 2.22. The Kier molecular flexibility index (Phi) is 10.3. The summed E-state index contributed by atoms with van der Waals surface area (Å²) in [6.45, 7) is 4.58. The largest absolute Gasteiger partial charge is 0.352 e. The van der Waals surface area contributed by atoms with E-state index in [4.69, 9.17) is 0 Å². The number of amides is 1. The molecule has 134 valence electrons.